The number of hydrogen-bond acceptors (Lipinski definition) is 8. The van der Waals surface area contributed by atoms with Gasteiger partial charge in [-0.05, 0) is 74.2 Å². The highest BCUT2D eigenvalue weighted by Gasteiger charge is 2.30. The van der Waals surface area contributed by atoms with Crippen LogP contribution in [0.4, 0.5) is 0 Å². The van der Waals surface area contributed by atoms with Crippen LogP contribution in [0, 0.1) is 0 Å². The Labute approximate surface area is 249 Å². The third-order valence-corrected chi connectivity index (χ3v) is 8.79. The van der Waals surface area contributed by atoms with Crippen molar-refractivity contribution in [2.45, 2.75) is 50.5 Å². The van der Waals surface area contributed by atoms with Crippen molar-refractivity contribution in [1.82, 2.24) is 19.4 Å². The van der Waals surface area contributed by atoms with Crippen LogP contribution in [0.25, 0.3) is 11.2 Å². The fourth-order valence-corrected chi connectivity index (χ4v) is 6.23. The van der Waals surface area contributed by atoms with Crippen LogP contribution < -0.4 is 9.47 Å². The summed E-state index contributed by atoms with van der Waals surface area (Å²) >= 11 is 6.07. The number of carbonyl (C=O) groups excluding carboxylic acids is 1. The molecule has 2 saturated heterocycles. The van der Waals surface area contributed by atoms with Crippen molar-refractivity contribution in [2.24, 2.45) is 0 Å². The molecule has 10 heteroatoms. The number of methoxy groups -OCH3 is 1. The van der Waals surface area contributed by atoms with Crippen LogP contribution in [-0.2, 0) is 22.6 Å². The highest BCUT2D eigenvalue weighted by atomic mass is 35.5. The summed E-state index contributed by atoms with van der Waals surface area (Å²) in [5.41, 5.74) is 4.02. The van der Waals surface area contributed by atoms with Crippen LogP contribution in [-0.4, -0.2) is 64.9 Å². The maximum absolute atomic E-state index is 12.1. The van der Waals surface area contributed by atoms with Gasteiger partial charge in [0.2, 0.25) is 0 Å². The van der Waals surface area contributed by atoms with Gasteiger partial charge >= 0.3 is 5.97 Å². The van der Waals surface area contributed by atoms with Crippen LogP contribution in [0.3, 0.4) is 0 Å². The lowest BCUT2D eigenvalue weighted by atomic mass is 9.88. The second-order valence-electron chi connectivity index (χ2n) is 11.1. The Bertz CT molecular complexity index is 1590. The number of para-hydroxylation sites is 1. The number of piperidine rings is 1. The summed E-state index contributed by atoms with van der Waals surface area (Å²) in [6, 6.07) is 17.5. The summed E-state index contributed by atoms with van der Waals surface area (Å²) < 4.78 is 25.4. The van der Waals surface area contributed by atoms with Crippen molar-refractivity contribution in [3.8, 4) is 11.5 Å². The lowest BCUT2D eigenvalue weighted by Gasteiger charge is -2.35. The minimum absolute atomic E-state index is 0.140. The second-order valence-corrected chi connectivity index (χ2v) is 11.6. The van der Waals surface area contributed by atoms with E-state index in [4.69, 9.17) is 35.5 Å². The van der Waals surface area contributed by atoms with Gasteiger partial charge < -0.3 is 23.5 Å². The molecule has 2 aromatic carbocycles. The molecule has 0 spiro atoms. The zero-order valence-corrected chi connectivity index (χ0v) is 24.3. The van der Waals surface area contributed by atoms with Gasteiger partial charge in [0.05, 0.1) is 26.3 Å². The van der Waals surface area contributed by atoms with Gasteiger partial charge in [0.1, 0.15) is 17.9 Å². The van der Waals surface area contributed by atoms with E-state index < -0.39 is 5.97 Å². The van der Waals surface area contributed by atoms with Crippen molar-refractivity contribution in [1.29, 1.82) is 0 Å². The number of halogens is 1. The molecular formula is C32H33ClN4O5. The number of hydrogen-bond donors (Lipinski definition) is 0. The number of aromatic nitrogens is 3. The SMILES string of the molecule is COC(=O)c1ccc2nc(CN3CCC(c4cccc5c4OC[C@@H](c4ccc(Cl)cc4)O5)CC3)n(C[C@@H]3CCO3)c2n1. The highest BCUT2D eigenvalue weighted by molar-refractivity contribution is 6.30. The molecule has 2 fully saturated rings. The van der Waals surface area contributed by atoms with Gasteiger partial charge in [-0.25, -0.2) is 14.8 Å². The monoisotopic (exact) mass is 588 g/mol. The molecule has 0 unspecified atom stereocenters. The number of likely N-dealkylation sites (tertiary alicyclic amines) is 1. The molecule has 9 nitrogen and oxygen atoms in total. The Hall–Kier alpha value is -3.66. The molecule has 2 atom stereocenters. The molecule has 218 valence electrons. The Balaban J connectivity index is 1.05. The van der Waals surface area contributed by atoms with E-state index in [-0.39, 0.29) is 17.9 Å². The summed E-state index contributed by atoms with van der Waals surface area (Å²) in [4.78, 5) is 24.1. The van der Waals surface area contributed by atoms with Crippen LogP contribution in [0.1, 0.15) is 58.7 Å². The summed E-state index contributed by atoms with van der Waals surface area (Å²) in [6.07, 6.45) is 3.01. The van der Waals surface area contributed by atoms with E-state index in [1.165, 1.54) is 12.7 Å². The van der Waals surface area contributed by atoms with Crippen molar-refractivity contribution >= 4 is 28.7 Å². The smallest absolute Gasteiger partial charge is 0.356 e. The molecule has 0 amide bonds. The van der Waals surface area contributed by atoms with Gasteiger partial charge in [0, 0.05) is 17.2 Å². The fraction of sp³-hybridized carbons (Fsp3) is 0.406. The zero-order chi connectivity index (χ0) is 28.6. The quantitative estimate of drug-likeness (QED) is 0.260. The van der Waals surface area contributed by atoms with E-state index >= 15 is 0 Å². The third kappa shape index (κ3) is 5.32. The van der Waals surface area contributed by atoms with Gasteiger partial charge in [-0.1, -0.05) is 35.9 Å². The highest BCUT2D eigenvalue weighted by Crippen LogP contribution is 2.44. The van der Waals surface area contributed by atoms with E-state index in [0.717, 1.165) is 67.4 Å². The normalized spacial score (nSPS) is 20.8. The standard InChI is InChI=1S/C32H33ClN4O5/c1-39-32(38)26-10-9-25-31(35-26)37(17-23-13-16-40-23)29(34-25)18-36-14-11-20(12-15-36)24-3-2-4-27-30(24)41-19-28(42-27)21-5-7-22(33)8-6-21/h2-10,20,23,28H,11-19H2,1H3/t23-,28-/m0/s1. The molecule has 3 aliphatic heterocycles. The zero-order valence-electron chi connectivity index (χ0n) is 23.5. The Morgan fingerprint density at radius 1 is 1.05 bits per heavy atom. The van der Waals surface area contributed by atoms with Crippen LogP contribution >= 0.6 is 11.6 Å². The summed E-state index contributed by atoms with van der Waals surface area (Å²) in [5.74, 6) is 2.54. The lowest BCUT2D eigenvalue weighted by Crippen LogP contribution is -2.35. The topological polar surface area (TPSA) is 87.9 Å². The Morgan fingerprint density at radius 3 is 2.60 bits per heavy atom. The number of nitrogens with zero attached hydrogens (tertiary/aromatic N) is 4. The minimum Gasteiger partial charge on any atom is -0.485 e. The van der Waals surface area contributed by atoms with Gasteiger partial charge in [0.15, 0.2) is 28.9 Å². The molecule has 0 N–H and O–H groups in total. The Morgan fingerprint density at radius 2 is 1.86 bits per heavy atom. The first-order chi connectivity index (χ1) is 20.6. The maximum Gasteiger partial charge on any atom is 0.356 e. The average molecular weight is 589 g/mol. The molecule has 42 heavy (non-hydrogen) atoms. The van der Waals surface area contributed by atoms with Crippen LogP contribution in [0.5, 0.6) is 11.5 Å². The molecular weight excluding hydrogens is 556 g/mol. The lowest BCUT2D eigenvalue weighted by molar-refractivity contribution is -0.0593. The van der Waals surface area contributed by atoms with Crippen molar-refractivity contribution in [3.63, 3.8) is 0 Å². The minimum atomic E-state index is -0.453. The van der Waals surface area contributed by atoms with Crippen LogP contribution in [0.2, 0.25) is 5.02 Å². The van der Waals surface area contributed by atoms with Crippen molar-refractivity contribution in [2.75, 3.05) is 33.4 Å². The first kappa shape index (κ1) is 27.2. The van der Waals surface area contributed by atoms with Gasteiger partial charge in [-0.2, -0.15) is 0 Å². The average Bonchev–Trinajstić information content (AvgIpc) is 3.34. The second kappa shape index (κ2) is 11.6. The third-order valence-electron chi connectivity index (χ3n) is 8.54. The van der Waals surface area contributed by atoms with Gasteiger partial charge in [0.25, 0.3) is 0 Å². The van der Waals surface area contributed by atoms with Gasteiger partial charge in [-0.3, -0.25) is 4.90 Å². The number of rotatable bonds is 7. The number of fused-ring (bicyclic) bond motifs is 2. The summed E-state index contributed by atoms with van der Waals surface area (Å²) in [5, 5.41) is 0.707. The van der Waals surface area contributed by atoms with E-state index in [9.17, 15) is 4.79 Å². The largest absolute Gasteiger partial charge is 0.485 e. The number of benzene rings is 2. The first-order valence-electron chi connectivity index (χ1n) is 14.5. The van der Waals surface area contributed by atoms with Gasteiger partial charge in [-0.15, -0.1) is 0 Å². The molecule has 4 aromatic rings. The fourth-order valence-electron chi connectivity index (χ4n) is 6.10. The first-order valence-corrected chi connectivity index (χ1v) is 14.9. The molecule has 0 radical (unpaired) electrons. The maximum atomic E-state index is 12.1. The number of carbonyl (C=O) groups is 1. The van der Waals surface area contributed by atoms with E-state index in [0.29, 0.717) is 36.3 Å². The van der Waals surface area contributed by atoms with Crippen molar-refractivity contribution < 1.29 is 23.7 Å². The number of imidazole rings is 1. The molecule has 0 aliphatic carbocycles. The molecule has 7 rings (SSSR count). The summed E-state index contributed by atoms with van der Waals surface area (Å²) in [7, 11) is 1.37. The van der Waals surface area contributed by atoms with E-state index in [1.807, 2.05) is 36.4 Å². The molecule has 0 bridgehead atoms. The Kier molecular flexibility index (Phi) is 7.48. The summed E-state index contributed by atoms with van der Waals surface area (Å²) in [6.45, 7) is 4.50. The van der Waals surface area contributed by atoms with Crippen LogP contribution in [0.15, 0.2) is 54.6 Å². The predicted molar refractivity (Wildman–Crippen MR) is 157 cm³/mol. The molecule has 2 aromatic heterocycles. The van der Waals surface area contributed by atoms with E-state index in [1.54, 1.807) is 6.07 Å². The number of ether oxygens (including phenoxy) is 4. The number of pyridine rings is 1. The molecule has 0 saturated carbocycles. The van der Waals surface area contributed by atoms with E-state index in [2.05, 4.69) is 26.6 Å². The number of esters is 1. The van der Waals surface area contributed by atoms with Crippen molar-refractivity contribution in [3.05, 3.63) is 82.3 Å². The predicted octanol–water partition coefficient (Wildman–Crippen LogP) is 5.55. The molecule has 3 aliphatic rings. The molecule has 5 heterocycles.